The van der Waals surface area contributed by atoms with Gasteiger partial charge in [-0.3, -0.25) is 0 Å². The van der Waals surface area contributed by atoms with E-state index in [1.807, 2.05) is 24.4 Å². The maximum atomic E-state index is 11.9. The Balaban J connectivity index is 1.40. The number of nitrogens with zero attached hydrogens (tertiary/aromatic N) is 4. The van der Waals surface area contributed by atoms with E-state index >= 15 is 0 Å². The Morgan fingerprint density at radius 1 is 1.17 bits per heavy atom. The number of hydrogen-bond acceptors (Lipinski definition) is 4. The molecule has 2 amide bonds. The van der Waals surface area contributed by atoms with Gasteiger partial charge in [-0.15, -0.1) is 0 Å². The zero-order valence-electron chi connectivity index (χ0n) is 13.8. The van der Waals surface area contributed by atoms with E-state index in [4.69, 9.17) is 0 Å². The van der Waals surface area contributed by atoms with Crippen molar-refractivity contribution in [2.24, 2.45) is 0 Å². The number of pyridine rings is 1. The van der Waals surface area contributed by atoms with E-state index < -0.39 is 0 Å². The lowest BCUT2D eigenvalue weighted by molar-refractivity contribution is 0.220. The first-order valence-corrected chi connectivity index (χ1v) is 8.50. The van der Waals surface area contributed by atoms with Gasteiger partial charge in [0.05, 0.1) is 0 Å². The number of hydrogen-bond donors (Lipinski definition) is 2. The molecule has 24 heavy (non-hydrogen) atoms. The van der Waals surface area contributed by atoms with Gasteiger partial charge in [-0.25, -0.2) is 14.5 Å². The molecule has 2 aromatic heterocycles. The van der Waals surface area contributed by atoms with Gasteiger partial charge in [-0.1, -0.05) is 6.42 Å². The normalized spacial score (nSPS) is 15.2. The van der Waals surface area contributed by atoms with Crippen LogP contribution >= 0.6 is 0 Å². The molecular formula is C17H24N6O. The molecule has 2 N–H and O–H groups in total. The molecule has 1 saturated heterocycles. The second-order valence-corrected chi connectivity index (χ2v) is 5.98. The number of amides is 2. The molecule has 0 bridgehead atoms. The number of aromatic nitrogens is 3. The molecule has 0 atom stereocenters. The molecule has 3 rings (SSSR count). The average Bonchev–Trinajstić information content (AvgIpc) is 3.16. The van der Waals surface area contributed by atoms with Gasteiger partial charge >= 0.3 is 6.03 Å². The number of carbonyl (C=O) groups excluding carboxylic acids is 1. The summed E-state index contributed by atoms with van der Waals surface area (Å²) in [5.41, 5.74) is 0.988. The van der Waals surface area contributed by atoms with Gasteiger partial charge in [0.1, 0.15) is 0 Å². The Hall–Kier alpha value is -2.41. The third-order valence-electron chi connectivity index (χ3n) is 4.16. The van der Waals surface area contributed by atoms with Gasteiger partial charge in [-0.2, -0.15) is 5.10 Å². The molecular weight excluding hydrogens is 304 g/mol. The molecule has 0 spiro atoms. The van der Waals surface area contributed by atoms with Crippen molar-refractivity contribution in [3.63, 3.8) is 0 Å². The van der Waals surface area contributed by atoms with Gasteiger partial charge < -0.3 is 15.5 Å². The summed E-state index contributed by atoms with van der Waals surface area (Å²) in [5, 5.41) is 9.96. The van der Waals surface area contributed by atoms with Crippen molar-refractivity contribution in [1.82, 2.24) is 30.3 Å². The molecule has 128 valence electrons. The molecule has 0 aliphatic carbocycles. The molecule has 3 heterocycles. The third-order valence-corrected chi connectivity index (χ3v) is 4.16. The first kappa shape index (κ1) is 16.4. The highest BCUT2D eigenvalue weighted by Crippen LogP contribution is 2.07. The Morgan fingerprint density at radius 3 is 2.83 bits per heavy atom. The summed E-state index contributed by atoms with van der Waals surface area (Å²) in [7, 11) is 0. The Kier molecular flexibility index (Phi) is 5.79. The first-order valence-electron chi connectivity index (χ1n) is 8.50. The van der Waals surface area contributed by atoms with Crippen molar-refractivity contribution >= 4 is 6.03 Å². The summed E-state index contributed by atoms with van der Waals surface area (Å²) in [6.07, 6.45) is 9.15. The molecule has 0 aromatic carbocycles. The van der Waals surface area contributed by atoms with E-state index in [1.165, 1.54) is 19.3 Å². The number of rotatable bonds is 6. The molecule has 7 nitrogen and oxygen atoms in total. The lowest BCUT2D eigenvalue weighted by atomic mass is 10.1. The minimum Gasteiger partial charge on any atom is -0.337 e. The average molecular weight is 328 g/mol. The number of urea groups is 1. The van der Waals surface area contributed by atoms with Crippen LogP contribution in [0.2, 0.25) is 0 Å². The van der Waals surface area contributed by atoms with Crippen molar-refractivity contribution in [1.29, 1.82) is 0 Å². The van der Waals surface area contributed by atoms with Crippen LogP contribution < -0.4 is 10.6 Å². The number of likely N-dealkylation sites (tertiary alicyclic amines) is 1. The summed E-state index contributed by atoms with van der Waals surface area (Å²) < 4.78 is 1.70. The third kappa shape index (κ3) is 4.79. The lowest BCUT2D eigenvalue weighted by Crippen LogP contribution is -2.41. The predicted molar refractivity (Wildman–Crippen MR) is 91.9 cm³/mol. The molecule has 0 unspecified atom stereocenters. The minimum atomic E-state index is -0.135. The minimum absolute atomic E-state index is 0.135. The largest absolute Gasteiger partial charge is 0.337 e. The molecule has 1 aliphatic heterocycles. The lowest BCUT2D eigenvalue weighted by Gasteiger charge is -2.26. The van der Waals surface area contributed by atoms with Crippen LogP contribution in [0.4, 0.5) is 4.79 Å². The quantitative estimate of drug-likeness (QED) is 0.844. The Morgan fingerprint density at radius 2 is 2.04 bits per heavy atom. The summed E-state index contributed by atoms with van der Waals surface area (Å²) >= 11 is 0. The predicted octanol–water partition coefficient (Wildman–Crippen LogP) is 1.55. The van der Waals surface area contributed by atoms with E-state index in [9.17, 15) is 4.79 Å². The van der Waals surface area contributed by atoms with Crippen LogP contribution in [0.5, 0.6) is 0 Å². The molecule has 0 radical (unpaired) electrons. The smallest absolute Gasteiger partial charge is 0.315 e. The summed E-state index contributed by atoms with van der Waals surface area (Å²) in [6, 6.07) is 5.52. The van der Waals surface area contributed by atoms with Crippen LogP contribution in [0.25, 0.3) is 5.82 Å². The Labute approximate surface area is 142 Å². The molecule has 7 heteroatoms. The fourth-order valence-electron chi connectivity index (χ4n) is 2.86. The summed E-state index contributed by atoms with van der Waals surface area (Å²) in [4.78, 5) is 18.6. The molecule has 2 aromatic rings. The van der Waals surface area contributed by atoms with Gasteiger partial charge in [0, 0.05) is 38.2 Å². The Bertz CT molecular complexity index is 636. The second-order valence-electron chi connectivity index (χ2n) is 5.98. The van der Waals surface area contributed by atoms with E-state index in [0.29, 0.717) is 13.1 Å². The topological polar surface area (TPSA) is 75.1 Å². The van der Waals surface area contributed by atoms with E-state index in [1.54, 1.807) is 17.1 Å². The van der Waals surface area contributed by atoms with E-state index in [2.05, 4.69) is 25.6 Å². The highest BCUT2D eigenvalue weighted by molar-refractivity contribution is 5.73. The van der Waals surface area contributed by atoms with Gasteiger partial charge in [0.2, 0.25) is 0 Å². The standard InChI is InChI=1S/C17H24N6O/c24-17(19-8-12-22-9-2-1-3-10-22)20-14-15-5-7-18-16(13-15)23-11-4-6-21-23/h4-7,11,13H,1-3,8-10,12,14H2,(H2,19,20,24). The highest BCUT2D eigenvalue weighted by Gasteiger charge is 2.09. The zero-order valence-corrected chi connectivity index (χ0v) is 13.8. The van der Waals surface area contributed by atoms with Crippen molar-refractivity contribution in [2.75, 3.05) is 26.2 Å². The second kappa shape index (κ2) is 8.44. The number of nitrogens with one attached hydrogen (secondary N) is 2. The van der Waals surface area contributed by atoms with E-state index in [0.717, 1.165) is 31.0 Å². The van der Waals surface area contributed by atoms with E-state index in [-0.39, 0.29) is 6.03 Å². The number of carbonyl (C=O) groups is 1. The monoisotopic (exact) mass is 328 g/mol. The highest BCUT2D eigenvalue weighted by atomic mass is 16.2. The van der Waals surface area contributed by atoms with Crippen molar-refractivity contribution in [3.8, 4) is 5.82 Å². The van der Waals surface area contributed by atoms with Crippen LogP contribution in [0.3, 0.4) is 0 Å². The molecule has 1 fully saturated rings. The maximum absolute atomic E-state index is 11.9. The zero-order chi connectivity index (χ0) is 16.6. The molecule has 1 aliphatic rings. The van der Waals surface area contributed by atoms with Crippen molar-refractivity contribution < 1.29 is 4.79 Å². The fourth-order valence-corrected chi connectivity index (χ4v) is 2.86. The van der Waals surface area contributed by atoms with Crippen LogP contribution in [0.1, 0.15) is 24.8 Å². The SMILES string of the molecule is O=C(NCCN1CCCCC1)NCc1ccnc(-n2cccn2)c1. The summed E-state index contributed by atoms with van der Waals surface area (Å²) in [6.45, 7) is 4.37. The number of piperidine rings is 1. The van der Waals surface area contributed by atoms with Gasteiger partial charge in [0.15, 0.2) is 5.82 Å². The maximum Gasteiger partial charge on any atom is 0.315 e. The summed E-state index contributed by atoms with van der Waals surface area (Å²) in [5.74, 6) is 0.741. The van der Waals surface area contributed by atoms with Crippen LogP contribution in [0.15, 0.2) is 36.8 Å². The fraction of sp³-hybridized carbons (Fsp3) is 0.471. The van der Waals surface area contributed by atoms with Crippen LogP contribution in [0, 0.1) is 0 Å². The van der Waals surface area contributed by atoms with Gasteiger partial charge in [0.25, 0.3) is 0 Å². The van der Waals surface area contributed by atoms with Crippen molar-refractivity contribution in [3.05, 3.63) is 42.4 Å². The van der Waals surface area contributed by atoms with Crippen LogP contribution in [-0.2, 0) is 6.54 Å². The first-order chi connectivity index (χ1) is 11.8. The van der Waals surface area contributed by atoms with Gasteiger partial charge in [-0.05, 0) is 49.7 Å². The molecule has 0 saturated carbocycles. The van der Waals surface area contributed by atoms with Crippen LogP contribution in [-0.4, -0.2) is 51.9 Å². The van der Waals surface area contributed by atoms with Crippen molar-refractivity contribution in [2.45, 2.75) is 25.8 Å².